The Morgan fingerprint density at radius 2 is 2.20 bits per heavy atom. The standard InChI is InChI=1S/C8H12N2/c1-6-5-10(8-3-4-8)9-7(6)2/h5,8H,3-4H2,1-2H3. The number of nitrogens with zero attached hydrogens (tertiary/aromatic N) is 2. The molecule has 0 bridgehead atoms. The minimum absolute atomic E-state index is 0.729. The van der Waals surface area contributed by atoms with Crippen LogP contribution in [-0.2, 0) is 0 Å². The van der Waals surface area contributed by atoms with E-state index >= 15 is 0 Å². The van der Waals surface area contributed by atoms with E-state index in [1.165, 1.54) is 24.1 Å². The van der Waals surface area contributed by atoms with Gasteiger partial charge in [-0.3, -0.25) is 4.68 Å². The van der Waals surface area contributed by atoms with Gasteiger partial charge in [0.2, 0.25) is 0 Å². The molecule has 0 aliphatic heterocycles. The maximum absolute atomic E-state index is 4.39. The summed E-state index contributed by atoms with van der Waals surface area (Å²) in [5.74, 6) is 0. The van der Waals surface area contributed by atoms with Gasteiger partial charge in [0.25, 0.3) is 0 Å². The van der Waals surface area contributed by atoms with Gasteiger partial charge in [-0.05, 0) is 32.3 Å². The van der Waals surface area contributed by atoms with Gasteiger partial charge in [0, 0.05) is 6.20 Å². The van der Waals surface area contributed by atoms with Gasteiger partial charge < -0.3 is 0 Å². The van der Waals surface area contributed by atoms with Gasteiger partial charge in [0.1, 0.15) is 0 Å². The topological polar surface area (TPSA) is 17.8 Å². The van der Waals surface area contributed by atoms with Gasteiger partial charge >= 0.3 is 0 Å². The van der Waals surface area contributed by atoms with Crippen molar-refractivity contribution in [2.24, 2.45) is 0 Å². The van der Waals surface area contributed by atoms with Gasteiger partial charge in [-0.15, -0.1) is 0 Å². The minimum Gasteiger partial charge on any atom is -0.269 e. The van der Waals surface area contributed by atoms with E-state index in [-0.39, 0.29) is 0 Å². The summed E-state index contributed by atoms with van der Waals surface area (Å²) in [6, 6.07) is 0.729. The molecule has 1 aliphatic rings. The lowest BCUT2D eigenvalue weighted by molar-refractivity contribution is 0.635. The second-order valence-electron chi connectivity index (χ2n) is 3.11. The predicted molar refractivity (Wildman–Crippen MR) is 40.0 cm³/mol. The normalized spacial score (nSPS) is 17.8. The van der Waals surface area contributed by atoms with Crippen molar-refractivity contribution in [3.8, 4) is 0 Å². The molecule has 1 aliphatic carbocycles. The number of aryl methyl sites for hydroxylation is 2. The van der Waals surface area contributed by atoms with Crippen molar-refractivity contribution in [2.45, 2.75) is 32.7 Å². The van der Waals surface area contributed by atoms with Crippen LogP contribution in [0, 0.1) is 13.8 Å². The maximum atomic E-state index is 4.39. The molecule has 0 spiro atoms. The molecule has 0 unspecified atom stereocenters. The SMILES string of the molecule is Cc1cn(C2CC2)nc1C. The summed E-state index contributed by atoms with van der Waals surface area (Å²) >= 11 is 0. The van der Waals surface area contributed by atoms with Crippen LogP contribution in [0.4, 0.5) is 0 Å². The van der Waals surface area contributed by atoms with Crippen molar-refractivity contribution in [1.29, 1.82) is 0 Å². The molecule has 2 nitrogen and oxygen atoms in total. The molecule has 1 saturated carbocycles. The van der Waals surface area contributed by atoms with Crippen molar-refractivity contribution in [2.75, 3.05) is 0 Å². The number of aromatic nitrogens is 2. The smallest absolute Gasteiger partial charge is 0.0622 e. The van der Waals surface area contributed by atoms with E-state index < -0.39 is 0 Å². The highest BCUT2D eigenvalue weighted by Gasteiger charge is 2.24. The molecule has 2 heteroatoms. The molecule has 0 N–H and O–H groups in total. The Labute approximate surface area is 60.9 Å². The maximum Gasteiger partial charge on any atom is 0.0622 e. The lowest BCUT2D eigenvalue weighted by Gasteiger charge is -1.92. The summed E-state index contributed by atoms with van der Waals surface area (Å²) in [4.78, 5) is 0. The monoisotopic (exact) mass is 136 g/mol. The van der Waals surface area contributed by atoms with Crippen LogP contribution >= 0.6 is 0 Å². The average molecular weight is 136 g/mol. The Kier molecular flexibility index (Phi) is 1.10. The predicted octanol–water partition coefficient (Wildman–Crippen LogP) is 1.83. The molecule has 0 radical (unpaired) electrons. The average Bonchev–Trinajstić information content (AvgIpc) is 2.64. The van der Waals surface area contributed by atoms with Crippen molar-refractivity contribution in [3.05, 3.63) is 17.5 Å². The fourth-order valence-electron chi connectivity index (χ4n) is 1.10. The van der Waals surface area contributed by atoms with Gasteiger partial charge in [-0.2, -0.15) is 5.10 Å². The Morgan fingerprint density at radius 1 is 1.50 bits per heavy atom. The highest BCUT2D eigenvalue weighted by Crippen LogP contribution is 2.34. The van der Waals surface area contributed by atoms with E-state index in [4.69, 9.17) is 0 Å². The van der Waals surface area contributed by atoms with Crippen LogP contribution < -0.4 is 0 Å². The minimum atomic E-state index is 0.729. The van der Waals surface area contributed by atoms with E-state index in [2.05, 4.69) is 29.8 Å². The van der Waals surface area contributed by atoms with E-state index in [1.807, 2.05) is 0 Å². The largest absolute Gasteiger partial charge is 0.269 e. The fourth-order valence-corrected chi connectivity index (χ4v) is 1.10. The first kappa shape index (κ1) is 5.96. The Hall–Kier alpha value is -0.790. The highest BCUT2D eigenvalue weighted by atomic mass is 15.3. The Balaban J connectivity index is 2.34. The Morgan fingerprint density at radius 3 is 2.60 bits per heavy atom. The third kappa shape index (κ3) is 0.838. The van der Waals surface area contributed by atoms with Crippen LogP contribution in [0.5, 0.6) is 0 Å². The molecule has 1 fully saturated rings. The summed E-state index contributed by atoms with van der Waals surface area (Å²) in [5.41, 5.74) is 2.49. The van der Waals surface area contributed by atoms with E-state index in [9.17, 15) is 0 Å². The molecular weight excluding hydrogens is 124 g/mol. The highest BCUT2D eigenvalue weighted by molar-refractivity contribution is 5.13. The van der Waals surface area contributed by atoms with Crippen molar-refractivity contribution < 1.29 is 0 Å². The van der Waals surface area contributed by atoms with E-state index in [0.717, 1.165) is 6.04 Å². The van der Waals surface area contributed by atoms with Crippen molar-refractivity contribution in [3.63, 3.8) is 0 Å². The van der Waals surface area contributed by atoms with Gasteiger partial charge in [-0.25, -0.2) is 0 Å². The van der Waals surface area contributed by atoms with Gasteiger partial charge in [-0.1, -0.05) is 0 Å². The first-order valence-electron chi connectivity index (χ1n) is 3.80. The molecule has 1 aromatic rings. The summed E-state index contributed by atoms with van der Waals surface area (Å²) in [7, 11) is 0. The molecule has 1 heterocycles. The molecule has 0 saturated heterocycles. The Bertz CT molecular complexity index is 226. The number of hydrogen-bond acceptors (Lipinski definition) is 1. The van der Waals surface area contributed by atoms with Crippen molar-refractivity contribution in [1.82, 2.24) is 9.78 Å². The lowest BCUT2D eigenvalue weighted by Crippen LogP contribution is -1.93. The van der Waals surface area contributed by atoms with E-state index in [0.29, 0.717) is 0 Å². The lowest BCUT2D eigenvalue weighted by atomic mass is 10.3. The van der Waals surface area contributed by atoms with E-state index in [1.54, 1.807) is 0 Å². The summed E-state index contributed by atoms with van der Waals surface area (Å²) in [5, 5.41) is 4.39. The van der Waals surface area contributed by atoms with Gasteiger partial charge in [0.15, 0.2) is 0 Å². The first-order chi connectivity index (χ1) is 4.77. The summed E-state index contributed by atoms with van der Waals surface area (Å²) < 4.78 is 2.10. The summed E-state index contributed by atoms with van der Waals surface area (Å²) in [6.45, 7) is 4.18. The molecule has 2 rings (SSSR count). The fraction of sp³-hybridized carbons (Fsp3) is 0.625. The molecule has 10 heavy (non-hydrogen) atoms. The van der Waals surface area contributed by atoms with Crippen LogP contribution in [0.25, 0.3) is 0 Å². The number of rotatable bonds is 1. The zero-order valence-electron chi connectivity index (χ0n) is 6.46. The van der Waals surface area contributed by atoms with Crippen LogP contribution in [0.3, 0.4) is 0 Å². The van der Waals surface area contributed by atoms with Crippen LogP contribution in [0.2, 0.25) is 0 Å². The van der Waals surface area contributed by atoms with Gasteiger partial charge in [0.05, 0.1) is 11.7 Å². The van der Waals surface area contributed by atoms with Crippen LogP contribution in [0.1, 0.15) is 30.1 Å². The number of hydrogen-bond donors (Lipinski definition) is 0. The first-order valence-corrected chi connectivity index (χ1v) is 3.80. The molecule has 54 valence electrons. The zero-order valence-corrected chi connectivity index (χ0v) is 6.46. The third-order valence-corrected chi connectivity index (χ3v) is 2.08. The second kappa shape index (κ2) is 1.84. The molecule has 0 amide bonds. The quantitative estimate of drug-likeness (QED) is 0.576. The third-order valence-electron chi connectivity index (χ3n) is 2.08. The molecule has 1 aromatic heterocycles. The van der Waals surface area contributed by atoms with Crippen molar-refractivity contribution >= 4 is 0 Å². The molecule has 0 atom stereocenters. The molecular formula is C8H12N2. The van der Waals surface area contributed by atoms with Crippen LogP contribution in [0.15, 0.2) is 6.20 Å². The second-order valence-corrected chi connectivity index (χ2v) is 3.11. The molecule has 0 aromatic carbocycles. The van der Waals surface area contributed by atoms with Crippen LogP contribution in [-0.4, -0.2) is 9.78 Å². The zero-order chi connectivity index (χ0) is 7.14. The summed E-state index contributed by atoms with van der Waals surface area (Å²) in [6.07, 6.45) is 4.79.